The largest absolute Gasteiger partial charge is 0.497 e. The summed E-state index contributed by atoms with van der Waals surface area (Å²) in [6.07, 6.45) is 1.38. The number of allylic oxidation sites excluding steroid dienone is 1. The van der Waals surface area contributed by atoms with Crippen molar-refractivity contribution < 1.29 is 14.3 Å². The van der Waals surface area contributed by atoms with Crippen LogP contribution in [-0.4, -0.2) is 18.8 Å². The minimum Gasteiger partial charge on any atom is -0.497 e. The number of nitrogens with one attached hydrogen (secondary N) is 1. The Labute approximate surface area is 128 Å². The lowest BCUT2D eigenvalue weighted by Crippen LogP contribution is -2.06. The Morgan fingerprint density at radius 2 is 2.00 bits per heavy atom. The molecule has 0 fully saturated rings. The Hall–Kier alpha value is -2.88. The number of ketones is 1. The summed E-state index contributed by atoms with van der Waals surface area (Å²) < 4.78 is 5.12. The van der Waals surface area contributed by atoms with Crippen molar-refractivity contribution in [3.05, 3.63) is 65.2 Å². The molecule has 0 saturated heterocycles. The van der Waals surface area contributed by atoms with Gasteiger partial charge >= 0.3 is 0 Å². The molecule has 1 heterocycles. The van der Waals surface area contributed by atoms with Gasteiger partial charge in [0.2, 0.25) is 0 Å². The molecule has 3 rings (SSSR count). The summed E-state index contributed by atoms with van der Waals surface area (Å²) in [4.78, 5) is 24.5. The molecule has 0 saturated carbocycles. The molecule has 0 bridgehead atoms. The zero-order valence-corrected chi connectivity index (χ0v) is 12.3. The van der Waals surface area contributed by atoms with E-state index < -0.39 is 0 Å². The highest BCUT2D eigenvalue weighted by molar-refractivity contribution is 6.35. The van der Waals surface area contributed by atoms with Gasteiger partial charge in [0, 0.05) is 16.8 Å². The van der Waals surface area contributed by atoms with Crippen molar-refractivity contribution in [2.24, 2.45) is 0 Å². The number of fused-ring (bicyclic) bond motifs is 1. The molecular weight excluding hydrogens is 278 g/mol. The van der Waals surface area contributed by atoms with Crippen LogP contribution in [0.25, 0.3) is 5.57 Å². The van der Waals surface area contributed by atoms with Crippen molar-refractivity contribution in [3.8, 4) is 5.75 Å². The molecule has 110 valence electrons. The van der Waals surface area contributed by atoms with Crippen LogP contribution in [0.2, 0.25) is 0 Å². The molecule has 1 N–H and O–H groups in total. The predicted molar refractivity (Wildman–Crippen MR) is 85.1 cm³/mol. The summed E-state index contributed by atoms with van der Waals surface area (Å²) in [5, 5.41) is 2.77. The SMILES string of the molecule is COc1cccc(C(=O)/C=C2\C(=O)Nc3ccc(C)cc32)c1. The third-order valence-corrected chi connectivity index (χ3v) is 3.59. The normalized spacial score (nSPS) is 14.6. The molecule has 1 aliphatic rings. The van der Waals surface area contributed by atoms with Gasteiger partial charge in [0.05, 0.1) is 12.7 Å². The first-order valence-corrected chi connectivity index (χ1v) is 6.91. The average molecular weight is 293 g/mol. The van der Waals surface area contributed by atoms with E-state index in [2.05, 4.69) is 5.32 Å². The molecule has 1 aliphatic heterocycles. The van der Waals surface area contributed by atoms with E-state index in [1.54, 1.807) is 31.4 Å². The number of aryl methyl sites for hydroxylation is 1. The summed E-state index contributed by atoms with van der Waals surface area (Å²) in [6.45, 7) is 1.95. The van der Waals surface area contributed by atoms with Crippen molar-refractivity contribution in [1.82, 2.24) is 0 Å². The Bertz CT molecular complexity index is 806. The van der Waals surface area contributed by atoms with Gasteiger partial charge in [0.15, 0.2) is 5.78 Å². The molecular formula is C18H15NO3. The molecule has 0 aromatic heterocycles. The predicted octanol–water partition coefficient (Wildman–Crippen LogP) is 3.22. The van der Waals surface area contributed by atoms with Crippen molar-refractivity contribution in [2.45, 2.75) is 6.92 Å². The topological polar surface area (TPSA) is 55.4 Å². The molecule has 22 heavy (non-hydrogen) atoms. The third kappa shape index (κ3) is 2.51. The lowest BCUT2D eigenvalue weighted by atomic mass is 10.0. The summed E-state index contributed by atoms with van der Waals surface area (Å²) in [6, 6.07) is 12.5. The lowest BCUT2D eigenvalue weighted by molar-refractivity contribution is -0.110. The molecule has 1 amide bonds. The van der Waals surface area contributed by atoms with Gasteiger partial charge in [-0.05, 0) is 37.3 Å². The summed E-state index contributed by atoms with van der Waals surface area (Å²) in [7, 11) is 1.55. The van der Waals surface area contributed by atoms with E-state index in [4.69, 9.17) is 4.74 Å². The molecule has 0 spiro atoms. The van der Waals surface area contributed by atoms with E-state index in [1.807, 2.05) is 25.1 Å². The molecule has 4 nitrogen and oxygen atoms in total. The van der Waals surface area contributed by atoms with Crippen LogP contribution in [0.1, 0.15) is 21.5 Å². The van der Waals surface area contributed by atoms with E-state index in [-0.39, 0.29) is 11.7 Å². The second-order valence-electron chi connectivity index (χ2n) is 5.16. The highest BCUT2D eigenvalue weighted by Gasteiger charge is 2.25. The minimum absolute atomic E-state index is 0.224. The molecule has 2 aromatic carbocycles. The van der Waals surface area contributed by atoms with Crippen LogP contribution in [0.15, 0.2) is 48.5 Å². The number of carbonyl (C=O) groups excluding carboxylic acids is 2. The van der Waals surface area contributed by atoms with Gasteiger partial charge in [-0.15, -0.1) is 0 Å². The molecule has 0 atom stereocenters. The first-order chi connectivity index (χ1) is 10.6. The smallest absolute Gasteiger partial charge is 0.256 e. The summed E-state index contributed by atoms with van der Waals surface area (Å²) in [5.74, 6) is 0.131. The number of ether oxygens (including phenoxy) is 1. The number of rotatable bonds is 3. The van der Waals surface area contributed by atoms with Crippen LogP contribution in [0.3, 0.4) is 0 Å². The monoisotopic (exact) mass is 293 g/mol. The van der Waals surface area contributed by atoms with E-state index >= 15 is 0 Å². The highest BCUT2D eigenvalue weighted by Crippen LogP contribution is 2.32. The van der Waals surface area contributed by atoms with E-state index in [9.17, 15) is 9.59 Å². The van der Waals surface area contributed by atoms with Crippen LogP contribution in [0.5, 0.6) is 5.75 Å². The first-order valence-electron chi connectivity index (χ1n) is 6.91. The maximum Gasteiger partial charge on any atom is 0.256 e. The number of methoxy groups -OCH3 is 1. The van der Waals surface area contributed by atoms with E-state index in [0.717, 1.165) is 16.8 Å². The molecule has 4 heteroatoms. The molecule has 0 unspecified atom stereocenters. The number of carbonyl (C=O) groups is 2. The Morgan fingerprint density at radius 1 is 1.18 bits per heavy atom. The van der Waals surface area contributed by atoms with Crippen LogP contribution in [-0.2, 0) is 4.79 Å². The Kier molecular flexibility index (Phi) is 3.51. The minimum atomic E-state index is -0.253. The van der Waals surface area contributed by atoms with Gasteiger partial charge in [0.25, 0.3) is 5.91 Å². The molecule has 0 aliphatic carbocycles. The zero-order chi connectivity index (χ0) is 15.7. The maximum absolute atomic E-state index is 12.4. The summed E-state index contributed by atoms with van der Waals surface area (Å²) in [5.41, 5.74) is 3.42. The average Bonchev–Trinajstić information content (AvgIpc) is 2.83. The number of amides is 1. The van der Waals surface area contributed by atoms with Crippen molar-refractivity contribution in [3.63, 3.8) is 0 Å². The number of anilines is 1. The fraction of sp³-hybridized carbons (Fsp3) is 0.111. The second-order valence-corrected chi connectivity index (χ2v) is 5.16. The standard InChI is InChI=1S/C18H15NO3/c1-11-6-7-16-14(8-11)15(18(21)19-16)10-17(20)12-4-3-5-13(9-12)22-2/h3-10H,1-2H3,(H,19,21)/b15-10-. The van der Waals surface area contributed by atoms with Crippen molar-refractivity contribution in [2.75, 3.05) is 12.4 Å². The molecule has 0 radical (unpaired) electrons. The molecule has 2 aromatic rings. The first kappa shape index (κ1) is 14.1. The fourth-order valence-electron chi connectivity index (χ4n) is 2.44. The van der Waals surface area contributed by atoms with Crippen LogP contribution >= 0.6 is 0 Å². The van der Waals surface area contributed by atoms with Crippen LogP contribution in [0, 0.1) is 6.92 Å². The van der Waals surface area contributed by atoms with Crippen LogP contribution in [0.4, 0.5) is 5.69 Å². The Morgan fingerprint density at radius 3 is 2.77 bits per heavy atom. The van der Waals surface area contributed by atoms with Gasteiger partial charge in [-0.3, -0.25) is 9.59 Å². The fourth-order valence-corrected chi connectivity index (χ4v) is 2.44. The van der Waals surface area contributed by atoms with Crippen molar-refractivity contribution in [1.29, 1.82) is 0 Å². The number of hydrogen-bond donors (Lipinski definition) is 1. The van der Waals surface area contributed by atoms with Gasteiger partial charge in [-0.25, -0.2) is 0 Å². The zero-order valence-electron chi connectivity index (χ0n) is 12.3. The maximum atomic E-state index is 12.4. The lowest BCUT2D eigenvalue weighted by Gasteiger charge is -2.02. The van der Waals surface area contributed by atoms with Crippen LogP contribution < -0.4 is 10.1 Å². The number of benzene rings is 2. The van der Waals surface area contributed by atoms with Gasteiger partial charge in [-0.1, -0.05) is 23.8 Å². The quantitative estimate of drug-likeness (QED) is 0.698. The Balaban J connectivity index is 2.00. The van der Waals surface area contributed by atoms with E-state index in [0.29, 0.717) is 16.9 Å². The van der Waals surface area contributed by atoms with E-state index in [1.165, 1.54) is 6.08 Å². The van der Waals surface area contributed by atoms with Crippen molar-refractivity contribution >= 4 is 23.0 Å². The van der Waals surface area contributed by atoms with Gasteiger partial charge < -0.3 is 10.1 Å². The second kappa shape index (κ2) is 5.48. The summed E-state index contributed by atoms with van der Waals surface area (Å²) >= 11 is 0. The highest BCUT2D eigenvalue weighted by atomic mass is 16.5. The van der Waals surface area contributed by atoms with Gasteiger partial charge in [-0.2, -0.15) is 0 Å². The number of hydrogen-bond acceptors (Lipinski definition) is 3. The van der Waals surface area contributed by atoms with Gasteiger partial charge in [0.1, 0.15) is 5.75 Å². The third-order valence-electron chi connectivity index (χ3n) is 3.59.